The summed E-state index contributed by atoms with van der Waals surface area (Å²) in [6, 6.07) is 4.52. The van der Waals surface area contributed by atoms with Gasteiger partial charge in [0.1, 0.15) is 0 Å². The number of rotatable bonds is 4. The van der Waals surface area contributed by atoms with Crippen LogP contribution in [0.3, 0.4) is 0 Å². The first-order valence-corrected chi connectivity index (χ1v) is 5.23. The summed E-state index contributed by atoms with van der Waals surface area (Å²) in [6.07, 6.45) is -6.63. The van der Waals surface area contributed by atoms with E-state index >= 15 is 0 Å². The Hall–Kier alpha value is -2.16. The molecule has 0 fully saturated rings. The van der Waals surface area contributed by atoms with Crippen molar-refractivity contribution in [2.24, 2.45) is 0 Å². The number of nitrogens with zero attached hydrogens (tertiary/aromatic N) is 1. The van der Waals surface area contributed by atoms with Gasteiger partial charge in [0.15, 0.2) is 0 Å². The van der Waals surface area contributed by atoms with E-state index in [0.717, 1.165) is 12.1 Å². The maximum atomic E-state index is 12.8. The highest BCUT2D eigenvalue weighted by Crippen LogP contribution is 2.36. The van der Waals surface area contributed by atoms with Gasteiger partial charge in [-0.2, -0.15) is 13.2 Å². The minimum absolute atomic E-state index is 0.428. The number of carbonyl (C=O) groups excluding carboxylic acids is 1. The van der Waals surface area contributed by atoms with Crippen molar-refractivity contribution in [1.82, 2.24) is 0 Å². The average Bonchev–Trinajstić information content (AvgIpc) is 2.36. The van der Waals surface area contributed by atoms with Crippen LogP contribution in [0, 0.1) is 10.1 Å². The van der Waals surface area contributed by atoms with E-state index in [0.29, 0.717) is 7.11 Å². The number of benzene rings is 1. The number of nitro groups is 1. The Labute approximate surface area is 110 Å². The lowest BCUT2D eigenvalue weighted by Crippen LogP contribution is -2.54. The summed E-state index contributed by atoms with van der Waals surface area (Å²) in [6.45, 7) is 0. The third-order valence-corrected chi connectivity index (χ3v) is 2.63. The molecule has 9 heteroatoms. The molecule has 6 nitrogen and oxygen atoms in total. The zero-order chi connectivity index (χ0) is 15.6. The summed E-state index contributed by atoms with van der Waals surface area (Å²) in [4.78, 5) is 21.0. The minimum atomic E-state index is -5.33. The SMILES string of the molecule is COC(=O)C(O)(Cc1ccccc1[N+](=O)[O-])C(F)(F)F. The molecule has 0 bridgehead atoms. The molecule has 1 unspecified atom stereocenters. The average molecular weight is 293 g/mol. The number of para-hydroxylation sites is 1. The molecule has 1 aromatic carbocycles. The molecule has 0 amide bonds. The van der Waals surface area contributed by atoms with Gasteiger partial charge in [-0.05, 0) is 0 Å². The number of nitro benzene ring substituents is 1. The molecule has 0 aliphatic rings. The zero-order valence-corrected chi connectivity index (χ0v) is 10.2. The van der Waals surface area contributed by atoms with Gasteiger partial charge in [-0.15, -0.1) is 0 Å². The number of hydrogen-bond donors (Lipinski definition) is 1. The summed E-state index contributed by atoms with van der Waals surface area (Å²) in [7, 11) is 0.679. The van der Waals surface area contributed by atoms with Gasteiger partial charge in [-0.3, -0.25) is 10.1 Å². The number of methoxy groups -OCH3 is 1. The quantitative estimate of drug-likeness (QED) is 0.517. The minimum Gasteiger partial charge on any atom is -0.467 e. The second-order valence-electron chi connectivity index (χ2n) is 3.91. The number of hydrogen-bond acceptors (Lipinski definition) is 5. The molecule has 0 heterocycles. The van der Waals surface area contributed by atoms with E-state index in [9.17, 15) is 33.2 Å². The van der Waals surface area contributed by atoms with Crippen LogP contribution in [-0.4, -0.2) is 34.9 Å². The first kappa shape index (κ1) is 15.9. The van der Waals surface area contributed by atoms with Crippen LogP contribution < -0.4 is 0 Å². The molecule has 110 valence electrons. The molecule has 1 atom stereocenters. The number of alkyl halides is 3. The molecule has 0 aliphatic carbocycles. The van der Waals surface area contributed by atoms with Crippen LogP contribution >= 0.6 is 0 Å². The maximum absolute atomic E-state index is 12.8. The zero-order valence-electron chi connectivity index (χ0n) is 10.2. The van der Waals surface area contributed by atoms with E-state index in [4.69, 9.17) is 0 Å². The molecule has 1 N–H and O–H groups in total. The smallest absolute Gasteiger partial charge is 0.428 e. The Kier molecular flexibility index (Phi) is 4.33. The van der Waals surface area contributed by atoms with Crippen molar-refractivity contribution in [2.75, 3.05) is 7.11 Å². The lowest BCUT2D eigenvalue weighted by Gasteiger charge is -2.27. The van der Waals surface area contributed by atoms with Crippen molar-refractivity contribution in [3.63, 3.8) is 0 Å². The van der Waals surface area contributed by atoms with Gasteiger partial charge < -0.3 is 9.84 Å². The van der Waals surface area contributed by atoms with Crippen molar-refractivity contribution in [1.29, 1.82) is 0 Å². The maximum Gasteiger partial charge on any atom is 0.428 e. The van der Waals surface area contributed by atoms with Gasteiger partial charge in [0, 0.05) is 18.1 Å². The van der Waals surface area contributed by atoms with E-state index in [-0.39, 0.29) is 0 Å². The Morgan fingerprint density at radius 2 is 1.95 bits per heavy atom. The fraction of sp³-hybridized carbons (Fsp3) is 0.364. The second kappa shape index (κ2) is 5.45. The van der Waals surface area contributed by atoms with Gasteiger partial charge in [0.05, 0.1) is 12.0 Å². The molecule has 0 spiro atoms. The molecular weight excluding hydrogens is 283 g/mol. The van der Waals surface area contributed by atoms with Crippen molar-refractivity contribution in [3.05, 3.63) is 39.9 Å². The molecule has 20 heavy (non-hydrogen) atoms. The number of halogens is 3. The van der Waals surface area contributed by atoms with Gasteiger partial charge in [0.2, 0.25) is 0 Å². The van der Waals surface area contributed by atoms with Crippen LogP contribution in [0.1, 0.15) is 5.56 Å². The lowest BCUT2D eigenvalue weighted by molar-refractivity contribution is -0.385. The van der Waals surface area contributed by atoms with Crippen molar-refractivity contribution in [2.45, 2.75) is 18.2 Å². The molecule has 0 aromatic heterocycles. The van der Waals surface area contributed by atoms with Crippen molar-refractivity contribution >= 4 is 11.7 Å². The molecule has 0 aliphatic heterocycles. The van der Waals surface area contributed by atoms with Crippen LogP contribution in [0.15, 0.2) is 24.3 Å². The fourth-order valence-electron chi connectivity index (χ4n) is 1.57. The largest absolute Gasteiger partial charge is 0.467 e. The van der Waals surface area contributed by atoms with Gasteiger partial charge in [-0.25, -0.2) is 4.79 Å². The Morgan fingerprint density at radius 1 is 1.40 bits per heavy atom. The number of aliphatic hydroxyl groups is 1. The van der Waals surface area contributed by atoms with E-state index in [2.05, 4.69) is 4.74 Å². The first-order valence-electron chi connectivity index (χ1n) is 5.23. The van der Waals surface area contributed by atoms with E-state index in [1.54, 1.807) is 0 Å². The summed E-state index contributed by atoms with van der Waals surface area (Å²) >= 11 is 0. The Bertz CT molecular complexity index is 531. The van der Waals surface area contributed by atoms with Crippen LogP contribution in [0.2, 0.25) is 0 Å². The van der Waals surface area contributed by atoms with Gasteiger partial charge >= 0.3 is 12.1 Å². The van der Waals surface area contributed by atoms with E-state index in [1.807, 2.05) is 0 Å². The van der Waals surface area contributed by atoms with E-state index < -0.39 is 40.3 Å². The van der Waals surface area contributed by atoms with Crippen LogP contribution in [0.5, 0.6) is 0 Å². The third-order valence-electron chi connectivity index (χ3n) is 2.63. The lowest BCUT2D eigenvalue weighted by atomic mass is 9.93. The van der Waals surface area contributed by atoms with Gasteiger partial charge in [-0.1, -0.05) is 18.2 Å². The monoisotopic (exact) mass is 293 g/mol. The van der Waals surface area contributed by atoms with Crippen molar-refractivity contribution in [3.8, 4) is 0 Å². The molecular formula is C11H10F3NO5. The van der Waals surface area contributed by atoms with Crippen LogP contribution in [0.4, 0.5) is 18.9 Å². The summed E-state index contributed by atoms with van der Waals surface area (Å²) in [5.74, 6) is -1.93. The summed E-state index contributed by atoms with van der Waals surface area (Å²) in [5.41, 5.74) is -4.89. The normalized spacial score (nSPS) is 14.4. The number of carbonyl (C=O) groups is 1. The Balaban J connectivity index is 3.29. The predicted octanol–water partition coefficient (Wildman–Crippen LogP) is 1.60. The molecule has 0 radical (unpaired) electrons. The third kappa shape index (κ3) is 2.87. The molecule has 0 saturated heterocycles. The Morgan fingerprint density at radius 3 is 2.40 bits per heavy atom. The topological polar surface area (TPSA) is 89.7 Å². The van der Waals surface area contributed by atoms with Crippen molar-refractivity contribution < 1.29 is 32.7 Å². The standard InChI is InChI=1S/C11H10F3NO5/c1-20-9(16)10(17,11(12,13)14)6-7-4-2-3-5-8(7)15(18)19/h2-5,17H,6H2,1H3. The highest BCUT2D eigenvalue weighted by Gasteiger charge is 2.61. The molecule has 1 rings (SSSR count). The first-order chi connectivity index (χ1) is 9.13. The number of esters is 1. The molecule has 1 aromatic rings. The highest BCUT2D eigenvalue weighted by atomic mass is 19.4. The second-order valence-corrected chi connectivity index (χ2v) is 3.91. The van der Waals surface area contributed by atoms with Gasteiger partial charge in [0.25, 0.3) is 11.3 Å². The van der Waals surface area contributed by atoms with E-state index in [1.165, 1.54) is 12.1 Å². The molecule has 0 saturated carbocycles. The highest BCUT2D eigenvalue weighted by molar-refractivity contribution is 5.81. The van der Waals surface area contributed by atoms with Crippen LogP contribution in [-0.2, 0) is 16.0 Å². The summed E-state index contributed by atoms with van der Waals surface area (Å²) < 4.78 is 42.5. The summed E-state index contributed by atoms with van der Waals surface area (Å²) in [5, 5.41) is 20.3. The fourth-order valence-corrected chi connectivity index (χ4v) is 1.57. The van der Waals surface area contributed by atoms with Crippen LogP contribution in [0.25, 0.3) is 0 Å². The predicted molar refractivity (Wildman–Crippen MR) is 59.8 cm³/mol. The number of ether oxygens (including phenoxy) is 1.